The number of nitrogens with two attached hydrogens (primary N) is 1. The molecule has 2 rings (SSSR count). The summed E-state index contributed by atoms with van der Waals surface area (Å²) in [7, 11) is 0. The van der Waals surface area contributed by atoms with Crippen molar-refractivity contribution in [2.45, 2.75) is 53.1 Å². The van der Waals surface area contributed by atoms with Crippen molar-refractivity contribution in [3.8, 4) is 5.75 Å². The zero-order chi connectivity index (χ0) is 18.6. The Morgan fingerprint density at radius 2 is 2.00 bits per heavy atom. The molecule has 1 aromatic rings. The van der Waals surface area contributed by atoms with Gasteiger partial charge in [0, 0.05) is 0 Å². The van der Waals surface area contributed by atoms with Crippen LogP contribution in [0.15, 0.2) is 18.2 Å². The van der Waals surface area contributed by atoms with Gasteiger partial charge in [-0.05, 0) is 55.2 Å². The fourth-order valence-electron chi connectivity index (χ4n) is 3.54. The third-order valence-electron chi connectivity index (χ3n) is 4.99. The Bertz CT molecular complexity index is 626. The molecule has 1 saturated carbocycles. The van der Waals surface area contributed by atoms with Crippen LogP contribution in [0.2, 0.25) is 0 Å². The summed E-state index contributed by atoms with van der Waals surface area (Å²) in [4.78, 5) is 23.7. The molecule has 3 atom stereocenters. The highest BCUT2D eigenvalue weighted by molar-refractivity contribution is 5.95. The number of rotatable bonds is 6. The van der Waals surface area contributed by atoms with Gasteiger partial charge in [-0.25, -0.2) is 4.79 Å². The lowest BCUT2D eigenvalue weighted by atomic mass is 9.75. The molecule has 1 aliphatic rings. The number of hydrogen-bond donors (Lipinski definition) is 1. The normalized spacial score (nSPS) is 23.3. The predicted molar refractivity (Wildman–Crippen MR) is 96.4 cm³/mol. The van der Waals surface area contributed by atoms with Crippen molar-refractivity contribution < 1.29 is 19.1 Å². The van der Waals surface area contributed by atoms with Crippen LogP contribution in [0.1, 0.15) is 56.0 Å². The van der Waals surface area contributed by atoms with Crippen molar-refractivity contribution >= 4 is 11.9 Å². The quantitative estimate of drug-likeness (QED) is 0.799. The molecule has 0 bridgehead atoms. The molecule has 138 valence electrons. The van der Waals surface area contributed by atoms with Gasteiger partial charge in [-0.1, -0.05) is 33.3 Å². The van der Waals surface area contributed by atoms with E-state index >= 15 is 0 Å². The molecule has 0 heterocycles. The molecule has 1 fully saturated rings. The van der Waals surface area contributed by atoms with E-state index in [9.17, 15) is 9.59 Å². The van der Waals surface area contributed by atoms with E-state index in [1.165, 1.54) is 6.42 Å². The van der Waals surface area contributed by atoms with E-state index < -0.39 is 11.9 Å². The van der Waals surface area contributed by atoms with Gasteiger partial charge in [0.05, 0.1) is 5.56 Å². The molecule has 5 heteroatoms. The van der Waals surface area contributed by atoms with Gasteiger partial charge >= 0.3 is 5.97 Å². The minimum atomic E-state index is -0.579. The van der Waals surface area contributed by atoms with Crippen LogP contribution in [0.25, 0.3) is 0 Å². The lowest BCUT2D eigenvalue weighted by Gasteiger charge is -2.36. The highest BCUT2D eigenvalue weighted by atomic mass is 16.6. The third kappa shape index (κ3) is 5.21. The second kappa shape index (κ2) is 8.37. The van der Waals surface area contributed by atoms with E-state index in [2.05, 4.69) is 20.8 Å². The summed E-state index contributed by atoms with van der Waals surface area (Å²) in [6, 6.07) is 5.09. The topological polar surface area (TPSA) is 78.6 Å². The number of amides is 1. The van der Waals surface area contributed by atoms with Crippen molar-refractivity contribution in [1.29, 1.82) is 0 Å². The van der Waals surface area contributed by atoms with Gasteiger partial charge in [-0.15, -0.1) is 0 Å². The first-order chi connectivity index (χ1) is 11.8. The summed E-state index contributed by atoms with van der Waals surface area (Å²) < 4.78 is 11.2. The highest BCUT2D eigenvalue weighted by Crippen LogP contribution is 2.35. The molecule has 0 radical (unpaired) electrons. The van der Waals surface area contributed by atoms with E-state index in [1.54, 1.807) is 18.2 Å². The van der Waals surface area contributed by atoms with Crippen LogP contribution in [0.4, 0.5) is 0 Å². The maximum Gasteiger partial charge on any atom is 0.344 e. The Morgan fingerprint density at radius 3 is 2.64 bits per heavy atom. The Kier molecular flexibility index (Phi) is 6.45. The SMILES string of the molecule is Cc1ccc(C(N)=O)c(OCC(=O)OC2CC(C)CCC2C(C)C)c1. The van der Waals surface area contributed by atoms with Crippen LogP contribution in [0.3, 0.4) is 0 Å². The average molecular weight is 347 g/mol. The van der Waals surface area contributed by atoms with Gasteiger partial charge in [-0.2, -0.15) is 0 Å². The number of esters is 1. The van der Waals surface area contributed by atoms with E-state index in [1.807, 2.05) is 6.92 Å². The number of primary amides is 1. The van der Waals surface area contributed by atoms with E-state index in [0.717, 1.165) is 18.4 Å². The van der Waals surface area contributed by atoms with Crippen LogP contribution < -0.4 is 10.5 Å². The molecule has 3 unspecified atom stereocenters. The number of aryl methyl sites for hydroxylation is 1. The minimum absolute atomic E-state index is 0.0621. The van der Waals surface area contributed by atoms with Crippen LogP contribution in [-0.2, 0) is 9.53 Å². The Balaban J connectivity index is 1.98. The molecule has 1 aromatic carbocycles. The molecule has 25 heavy (non-hydrogen) atoms. The lowest BCUT2D eigenvalue weighted by Crippen LogP contribution is -2.37. The van der Waals surface area contributed by atoms with Crippen molar-refractivity contribution in [3.05, 3.63) is 29.3 Å². The second-order valence-corrected chi connectivity index (χ2v) is 7.51. The maximum absolute atomic E-state index is 12.3. The molecule has 5 nitrogen and oxygen atoms in total. The number of carbonyl (C=O) groups excluding carboxylic acids is 2. The smallest absolute Gasteiger partial charge is 0.344 e. The van der Waals surface area contributed by atoms with Crippen molar-refractivity contribution in [2.24, 2.45) is 23.5 Å². The van der Waals surface area contributed by atoms with Crippen LogP contribution in [-0.4, -0.2) is 24.6 Å². The highest BCUT2D eigenvalue weighted by Gasteiger charge is 2.33. The van der Waals surface area contributed by atoms with E-state index in [4.69, 9.17) is 15.2 Å². The molecule has 2 N–H and O–H groups in total. The molecule has 1 amide bonds. The van der Waals surface area contributed by atoms with Gasteiger partial charge in [0.2, 0.25) is 0 Å². The number of carbonyl (C=O) groups is 2. The second-order valence-electron chi connectivity index (χ2n) is 7.51. The van der Waals surface area contributed by atoms with Crippen LogP contribution >= 0.6 is 0 Å². The summed E-state index contributed by atoms with van der Waals surface area (Å²) in [5.74, 6) is 0.768. The molecule has 0 aromatic heterocycles. The zero-order valence-electron chi connectivity index (χ0n) is 15.6. The van der Waals surface area contributed by atoms with Crippen molar-refractivity contribution in [2.75, 3.05) is 6.61 Å². The maximum atomic E-state index is 12.3. The molecular formula is C20H29NO4. The Labute approximate surface area is 149 Å². The summed E-state index contributed by atoms with van der Waals surface area (Å²) in [5, 5.41) is 0. The fourth-order valence-corrected chi connectivity index (χ4v) is 3.54. The van der Waals surface area contributed by atoms with E-state index in [0.29, 0.717) is 23.5 Å². The largest absolute Gasteiger partial charge is 0.481 e. The molecular weight excluding hydrogens is 318 g/mol. The summed E-state index contributed by atoms with van der Waals surface area (Å²) >= 11 is 0. The summed E-state index contributed by atoms with van der Waals surface area (Å²) in [6.45, 7) is 8.19. The lowest BCUT2D eigenvalue weighted by molar-refractivity contribution is -0.158. The number of benzene rings is 1. The van der Waals surface area contributed by atoms with Gasteiger partial charge in [-0.3, -0.25) is 4.79 Å². The third-order valence-corrected chi connectivity index (χ3v) is 4.99. The Morgan fingerprint density at radius 1 is 1.28 bits per heavy atom. The van der Waals surface area contributed by atoms with Gasteiger partial charge in [0.15, 0.2) is 6.61 Å². The van der Waals surface area contributed by atoms with Crippen molar-refractivity contribution in [1.82, 2.24) is 0 Å². The number of hydrogen-bond acceptors (Lipinski definition) is 4. The first-order valence-electron chi connectivity index (χ1n) is 9.00. The van der Waals surface area contributed by atoms with E-state index in [-0.39, 0.29) is 18.3 Å². The number of ether oxygens (including phenoxy) is 2. The monoisotopic (exact) mass is 347 g/mol. The predicted octanol–water partition coefficient (Wildman–Crippen LogP) is 3.48. The summed E-state index contributed by atoms with van der Waals surface area (Å²) in [5.41, 5.74) is 6.55. The molecule has 1 aliphatic carbocycles. The minimum Gasteiger partial charge on any atom is -0.481 e. The molecule has 0 saturated heterocycles. The first kappa shape index (κ1) is 19.3. The van der Waals surface area contributed by atoms with Gasteiger partial charge in [0.25, 0.3) is 5.91 Å². The molecule has 0 spiro atoms. The van der Waals surface area contributed by atoms with Crippen LogP contribution in [0, 0.1) is 24.7 Å². The van der Waals surface area contributed by atoms with Crippen molar-refractivity contribution in [3.63, 3.8) is 0 Å². The first-order valence-corrected chi connectivity index (χ1v) is 9.00. The summed E-state index contributed by atoms with van der Waals surface area (Å²) in [6.07, 6.45) is 3.10. The van der Waals surface area contributed by atoms with Gasteiger partial charge in [0.1, 0.15) is 11.9 Å². The average Bonchev–Trinajstić information content (AvgIpc) is 2.52. The fraction of sp³-hybridized carbons (Fsp3) is 0.600. The standard InChI is InChI=1S/C20H29NO4/c1-12(2)15-7-5-14(4)10-18(15)25-19(22)11-24-17-9-13(3)6-8-16(17)20(21)23/h6,8-9,12,14-15,18H,5,7,10-11H2,1-4H3,(H2,21,23). The molecule has 0 aliphatic heterocycles. The van der Waals surface area contributed by atoms with Gasteiger partial charge < -0.3 is 15.2 Å². The zero-order valence-corrected chi connectivity index (χ0v) is 15.6. The Hall–Kier alpha value is -2.04. The van der Waals surface area contributed by atoms with Crippen LogP contribution in [0.5, 0.6) is 5.75 Å².